The molecule has 4 heteroatoms. The van der Waals surface area contributed by atoms with E-state index in [1.807, 2.05) is 32.9 Å². The normalized spacial score (nSPS) is 11.9. The van der Waals surface area contributed by atoms with Crippen molar-refractivity contribution < 1.29 is 13.9 Å². The molecule has 0 aliphatic heterocycles. The van der Waals surface area contributed by atoms with E-state index in [4.69, 9.17) is 4.74 Å². The summed E-state index contributed by atoms with van der Waals surface area (Å²) >= 11 is 0. The highest BCUT2D eigenvalue weighted by molar-refractivity contribution is 5.95. The molecule has 0 aromatic heterocycles. The molecule has 0 fully saturated rings. The van der Waals surface area contributed by atoms with Crippen molar-refractivity contribution in [1.29, 1.82) is 0 Å². The third-order valence-electron chi connectivity index (χ3n) is 3.43. The first-order valence-electron chi connectivity index (χ1n) is 7.18. The molecule has 0 bridgehead atoms. The number of ether oxygens (including phenoxy) is 1. The molecule has 1 amide bonds. The highest BCUT2D eigenvalue weighted by atomic mass is 19.1. The van der Waals surface area contributed by atoms with Gasteiger partial charge in [-0.1, -0.05) is 29.8 Å². The van der Waals surface area contributed by atoms with Crippen molar-refractivity contribution in [3.05, 3.63) is 58.9 Å². The predicted molar refractivity (Wildman–Crippen MR) is 85.8 cm³/mol. The Bertz CT molecular complexity index is 674. The number of hydrogen-bond acceptors (Lipinski definition) is 2. The van der Waals surface area contributed by atoms with Gasteiger partial charge in [0.15, 0.2) is 17.7 Å². The Balaban J connectivity index is 2.11. The zero-order valence-electron chi connectivity index (χ0n) is 13.2. The minimum absolute atomic E-state index is 0.0718. The summed E-state index contributed by atoms with van der Waals surface area (Å²) in [6.07, 6.45) is -0.794. The van der Waals surface area contributed by atoms with Crippen LogP contribution in [-0.2, 0) is 4.79 Å². The fourth-order valence-corrected chi connectivity index (χ4v) is 2.39. The molecule has 22 heavy (non-hydrogen) atoms. The summed E-state index contributed by atoms with van der Waals surface area (Å²) < 4.78 is 19.0. The van der Waals surface area contributed by atoms with Gasteiger partial charge in [0.1, 0.15) is 0 Å². The van der Waals surface area contributed by atoms with Crippen LogP contribution in [-0.4, -0.2) is 12.0 Å². The molecule has 0 saturated carbocycles. The van der Waals surface area contributed by atoms with Crippen LogP contribution < -0.4 is 10.1 Å². The molecule has 2 aromatic carbocycles. The average Bonchev–Trinajstić information content (AvgIpc) is 2.45. The Morgan fingerprint density at radius 2 is 1.73 bits per heavy atom. The van der Waals surface area contributed by atoms with Gasteiger partial charge in [0.25, 0.3) is 5.91 Å². The number of benzene rings is 2. The molecule has 1 N–H and O–H groups in total. The SMILES string of the molecule is Cc1cc(C)c(NC(=O)[C@@H](C)Oc2ccccc2F)c(C)c1. The largest absolute Gasteiger partial charge is 0.478 e. The van der Waals surface area contributed by atoms with Gasteiger partial charge in [-0.3, -0.25) is 4.79 Å². The fraction of sp³-hybridized carbons (Fsp3) is 0.278. The van der Waals surface area contributed by atoms with Crippen molar-refractivity contribution >= 4 is 11.6 Å². The lowest BCUT2D eigenvalue weighted by Crippen LogP contribution is -2.31. The van der Waals surface area contributed by atoms with Crippen LogP contribution in [0.25, 0.3) is 0 Å². The summed E-state index contributed by atoms with van der Waals surface area (Å²) in [5.74, 6) is -0.717. The molecule has 3 nitrogen and oxygen atoms in total. The van der Waals surface area contributed by atoms with Crippen LogP contribution in [0.4, 0.5) is 10.1 Å². The molecule has 0 saturated heterocycles. The van der Waals surface area contributed by atoms with Crippen LogP contribution in [0.1, 0.15) is 23.6 Å². The van der Waals surface area contributed by atoms with E-state index in [-0.39, 0.29) is 11.7 Å². The van der Waals surface area contributed by atoms with Crippen LogP contribution in [0, 0.1) is 26.6 Å². The van der Waals surface area contributed by atoms with Crippen molar-refractivity contribution in [1.82, 2.24) is 0 Å². The second-order valence-corrected chi connectivity index (χ2v) is 5.45. The van der Waals surface area contributed by atoms with Gasteiger partial charge >= 0.3 is 0 Å². The van der Waals surface area contributed by atoms with Crippen molar-refractivity contribution in [3.8, 4) is 5.75 Å². The Morgan fingerprint density at radius 1 is 1.14 bits per heavy atom. The van der Waals surface area contributed by atoms with Gasteiger partial charge < -0.3 is 10.1 Å². The van der Waals surface area contributed by atoms with Gasteiger partial charge in [0.2, 0.25) is 0 Å². The Kier molecular flexibility index (Phi) is 4.81. The first kappa shape index (κ1) is 16.0. The first-order valence-corrected chi connectivity index (χ1v) is 7.18. The lowest BCUT2D eigenvalue weighted by Gasteiger charge is -2.17. The summed E-state index contributed by atoms with van der Waals surface area (Å²) in [5.41, 5.74) is 3.90. The van der Waals surface area contributed by atoms with Gasteiger partial charge in [-0.2, -0.15) is 0 Å². The van der Waals surface area contributed by atoms with E-state index in [0.717, 1.165) is 22.4 Å². The molecule has 2 aromatic rings. The van der Waals surface area contributed by atoms with Crippen molar-refractivity contribution in [2.75, 3.05) is 5.32 Å². The van der Waals surface area contributed by atoms with Crippen LogP contribution in [0.3, 0.4) is 0 Å². The molecule has 0 aliphatic rings. The highest BCUT2D eigenvalue weighted by Gasteiger charge is 2.18. The van der Waals surface area contributed by atoms with Crippen LogP contribution in [0.2, 0.25) is 0 Å². The Hall–Kier alpha value is -2.36. The number of aryl methyl sites for hydroxylation is 3. The minimum atomic E-state index is -0.794. The number of amides is 1. The number of anilines is 1. The molecular weight excluding hydrogens is 281 g/mol. The lowest BCUT2D eigenvalue weighted by atomic mass is 10.0. The van der Waals surface area contributed by atoms with E-state index in [1.165, 1.54) is 12.1 Å². The minimum Gasteiger partial charge on any atom is -0.478 e. The predicted octanol–water partition coefficient (Wildman–Crippen LogP) is 4.16. The zero-order valence-corrected chi connectivity index (χ0v) is 13.2. The monoisotopic (exact) mass is 301 g/mol. The molecule has 0 unspecified atom stereocenters. The van der Waals surface area contributed by atoms with Crippen LogP contribution in [0.5, 0.6) is 5.75 Å². The average molecular weight is 301 g/mol. The number of nitrogens with one attached hydrogen (secondary N) is 1. The summed E-state index contributed by atoms with van der Waals surface area (Å²) in [6, 6.07) is 10.1. The Labute approximate surface area is 130 Å². The third kappa shape index (κ3) is 3.64. The van der Waals surface area contributed by atoms with E-state index >= 15 is 0 Å². The maximum absolute atomic E-state index is 13.6. The Morgan fingerprint density at radius 3 is 2.32 bits per heavy atom. The molecule has 0 heterocycles. The van der Waals surface area contributed by atoms with E-state index in [0.29, 0.717) is 0 Å². The molecule has 116 valence electrons. The molecule has 2 rings (SSSR count). The zero-order chi connectivity index (χ0) is 16.3. The highest BCUT2D eigenvalue weighted by Crippen LogP contribution is 2.23. The van der Waals surface area contributed by atoms with Gasteiger partial charge in [-0.25, -0.2) is 4.39 Å². The number of para-hydroxylation sites is 1. The number of rotatable bonds is 4. The summed E-state index contributed by atoms with van der Waals surface area (Å²) in [7, 11) is 0. The van der Waals surface area contributed by atoms with E-state index in [9.17, 15) is 9.18 Å². The molecule has 0 spiro atoms. The van der Waals surface area contributed by atoms with Gasteiger partial charge in [0, 0.05) is 5.69 Å². The number of hydrogen-bond donors (Lipinski definition) is 1. The van der Waals surface area contributed by atoms with Crippen molar-refractivity contribution in [2.24, 2.45) is 0 Å². The first-order chi connectivity index (χ1) is 10.4. The maximum Gasteiger partial charge on any atom is 0.265 e. The third-order valence-corrected chi connectivity index (χ3v) is 3.43. The number of halogens is 1. The van der Waals surface area contributed by atoms with Crippen LogP contribution >= 0.6 is 0 Å². The fourth-order valence-electron chi connectivity index (χ4n) is 2.39. The van der Waals surface area contributed by atoms with Crippen molar-refractivity contribution in [2.45, 2.75) is 33.8 Å². The summed E-state index contributed by atoms with van der Waals surface area (Å²) in [5, 5.41) is 2.86. The van der Waals surface area contributed by atoms with Gasteiger partial charge in [-0.05, 0) is 51.0 Å². The van der Waals surface area contributed by atoms with E-state index in [2.05, 4.69) is 5.32 Å². The second kappa shape index (κ2) is 6.60. The van der Waals surface area contributed by atoms with Crippen molar-refractivity contribution in [3.63, 3.8) is 0 Å². The molecule has 1 atom stereocenters. The topological polar surface area (TPSA) is 38.3 Å². The standard InChI is InChI=1S/C18H20FNO2/c1-11-9-12(2)17(13(3)10-11)20-18(21)14(4)22-16-8-6-5-7-15(16)19/h5-10,14H,1-4H3,(H,20,21)/t14-/m1/s1. The second-order valence-electron chi connectivity index (χ2n) is 5.45. The number of carbonyl (C=O) groups excluding carboxylic acids is 1. The maximum atomic E-state index is 13.6. The van der Waals surface area contributed by atoms with E-state index in [1.54, 1.807) is 19.1 Å². The molecule has 0 aliphatic carbocycles. The van der Waals surface area contributed by atoms with Gasteiger partial charge in [0.05, 0.1) is 0 Å². The number of carbonyl (C=O) groups is 1. The van der Waals surface area contributed by atoms with Crippen LogP contribution in [0.15, 0.2) is 36.4 Å². The van der Waals surface area contributed by atoms with E-state index < -0.39 is 11.9 Å². The molecule has 0 radical (unpaired) electrons. The quantitative estimate of drug-likeness (QED) is 0.921. The smallest absolute Gasteiger partial charge is 0.265 e. The molecular formula is C18H20FNO2. The summed E-state index contributed by atoms with van der Waals surface area (Å²) in [6.45, 7) is 7.49. The lowest BCUT2D eigenvalue weighted by molar-refractivity contribution is -0.122. The van der Waals surface area contributed by atoms with Gasteiger partial charge in [-0.15, -0.1) is 0 Å². The summed E-state index contributed by atoms with van der Waals surface area (Å²) in [4.78, 5) is 12.3.